The molecular formula is C30H41N7O4S. The molecule has 6 N–H and O–H groups in total. The molecule has 0 aromatic heterocycles. The van der Waals surface area contributed by atoms with Crippen molar-refractivity contribution in [3.05, 3.63) is 59.7 Å². The van der Waals surface area contributed by atoms with Crippen molar-refractivity contribution in [3.63, 3.8) is 0 Å². The van der Waals surface area contributed by atoms with E-state index in [1.54, 1.807) is 48.3 Å². The minimum absolute atomic E-state index is 0.0449. The lowest BCUT2D eigenvalue weighted by molar-refractivity contribution is -0.134. The average molecular weight is 596 g/mol. The van der Waals surface area contributed by atoms with Crippen LogP contribution < -0.4 is 26.0 Å². The third kappa shape index (κ3) is 8.46. The van der Waals surface area contributed by atoms with Gasteiger partial charge in [-0.25, -0.2) is 8.93 Å². The molecule has 2 fully saturated rings. The predicted molar refractivity (Wildman–Crippen MR) is 163 cm³/mol. The van der Waals surface area contributed by atoms with E-state index in [4.69, 9.17) is 11.1 Å². The first-order valence-corrected chi connectivity index (χ1v) is 15.6. The number of carbonyl (C=O) groups excluding carboxylic acids is 3. The molecule has 0 saturated carbocycles. The number of benzene rings is 2. The summed E-state index contributed by atoms with van der Waals surface area (Å²) in [6, 6.07) is 13.4. The second-order valence-electron chi connectivity index (χ2n) is 10.8. The topological polar surface area (TPSA) is 161 Å². The monoisotopic (exact) mass is 595 g/mol. The van der Waals surface area contributed by atoms with E-state index in [-0.39, 0.29) is 36.5 Å². The highest BCUT2D eigenvalue weighted by molar-refractivity contribution is 7.83. The third-order valence-corrected chi connectivity index (χ3v) is 9.06. The number of piperidine rings is 1. The number of nitrogen functional groups attached to an aromatic ring is 1. The Morgan fingerprint density at radius 2 is 1.90 bits per heavy atom. The standard InChI is InChI=1S/C30H41N7O4S/c1-33-27(38)10-3-5-21-11-14-36(15-12-21)30(40)26(18-22-6-2-7-23(17-22)29(31)32)35-42(41)25-9-4-8-24(19-25)37-16-13-34-20-28(37)39/h2,4,6-9,17,19,21,26,34-35H,3,5,10-16,18,20H2,1H3,(H3,31,32)(H,33,38)/t26-,42?/m0/s1. The summed E-state index contributed by atoms with van der Waals surface area (Å²) in [5, 5.41) is 13.5. The number of hydrogen-bond donors (Lipinski definition) is 5. The van der Waals surface area contributed by atoms with E-state index < -0.39 is 17.0 Å². The van der Waals surface area contributed by atoms with Gasteiger partial charge < -0.3 is 26.2 Å². The lowest BCUT2D eigenvalue weighted by Gasteiger charge is -2.34. The number of carbonyl (C=O) groups is 3. The Hall–Kier alpha value is -3.61. The van der Waals surface area contributed by atoms with Crippen LogP contribution in [0.25, 0.3) is 0 Å². The largest absolute Gasteiger partial charge is 0.384 e. The number of nitrogens with one attached hydrogen (secondary N) is 4. The maximum Gasteiger partial charge on any atom is 0.241 e. The van der Waals surface area contributed by atoms with Crippen molar-refractivity contribution in [3.8, 4) is 0 Å². The molecule has 2 aromatic carbocycles. The normalized spacial score (nSPS) is 17.5. The van der Waals surface area contributed by atoms with Crippen molar-refractivity contribution in [2.45, 2.75) is 49.5 Å². The molecule has 42 heavy (non-hydrogen) atoms. The molecule has 3 amide bonds. The van der Waals surface area contributed by atoms with E-state index in [2.05, 4.69) is 15.4 Å². The number of piperazine rings is 1. The van der Waals surface area contributed by atoms with Crippen molar-refractivity contribution in [2.75, 3.05) is 44.7 Å². The summed E-state index contributed by atoms with van der Waals surface area (Å²) in [4.78, 5) is 41.8. The van der Waals surface area contributed by atoms with Gasteiger partial charge in [0, 0.05) is 50.9 Å². The van der Waals surface area contributed by atoms with Crippen LogP contribution >= 0.6 is 0 Å². The Balaban J connectivity index is 1.47. The van der Waals surface area contributed by atoms with Crippen molar-refractivity contribution in [1.82, 2.24) is 20.3 Å². The van der Waals surface area contributed by atoms with Crippen molar-refractivity contribution >= 4 is 40.2 Å². The Kier molecular flexibility index (Phi) is 11.2. The molecule has 2 aromatic rings. The summed E-state index contributed by atoms with van der Waals surface area (Å²) < 4.78 is 16.7. The first-order valence-electron chi connectivity index (χ1n) is 14.5. The molecular weight excluding hydrogens is 554 g/mol. The molecule has 2 aliphatic heterocycles. The van der Waals surface area contributed by atoms with Crippen LogP contribution in [0.1, 0.15) is 43.2 Å². The second kappa shape index (κ2) is 15.0. The van der Waals surface area contributed by atoms with Crippen LogP contribution in [-0.2, 0) is 31.8 Å². The highest BCUT2D eigenvalue weighted by Crippen LogP contribution is 2.24. The Labute approximate surface area is 249 Å². The third-order valence-electron chi connectivity index (χ3n) is 7.88. The van der Waals surface area contributed by atoms with Gasteiger partial charge in [0.1, 0.15) is 22.9 Å². The number of amides is 3. The lowest BCUT2D eigenvalue weighted by Crippen LogP contribution is -2.50. The smallest absolute Gasteiger partial charge is 0.241 e. The number of amidine groups is 1. The molecule has 0 bridgehead atoms. The summed E-state index contributed by atoms with van der Waals surface area (Å²) in [5.41, 5.74) is 7.73. The minimum atomic E-state index is -1.72. The molecule has 2 heterocycles. The maximum atomic E-state index is 13.8. The highest BCUT2D eigenvalue weighted by Gasteiger charge is 2.30. The fourth-order valence-corrected chi connectivity index (χ4v) is 6.47. The van der Waals surface area contributed by atoms with E-state index in [0.29, 0.717) is 54.7 Å². The molecule has 1 unspecified atom stereocenters. The second-order valence-corrected chi connectivity index (χ2v) is 12.1. The van der Waals surface area contributed by atoms with Gasteiger partial charge in [0.25, 0.3) is 0 Å². The lowest BCUT2D eigenvalue weighted by atomic mass is 9.91. The van der Waals surface area contributed by atoms with Gasteiger partial charge in [-0.3, -0.25) is 19.8 Å². The fraction of sp³-hybridized carbons (Fsp3) is 0.467. The van der Waals surface area contributed by atoms with Crippen LogP contribution in [0.15, 0.2) is 53.4 Å². The average Bonchev–Trinajstić information content (AvgIpc) is 3.01. The molecule has 0 aliphatic carbocycles. The Morgan fingerprint density at radius 3 is 2.62 bits per heavy atom. The number of anilines is 1. The fourth-order valence-electron chi connectivity index (χ4n) is 5.46. The molecule has 0 radical (unpaired) electrons. The summed E-state index contributed by atoms with van der Waals surface area (Å²) in [5.74, 6) is 0.265. The SMILES string of the molecule is CNC(=O)CCCC1CCN(C(=O)[C@H](Cc2cccc(C(=N)N)c2)NS(=O)c2cccc(N3CCNCC3=O)c2)CC1. The van der Waals surface area contributed by atoms with E-state index in [0.717, 1.165) is 31.2 Å². The zero-order chi connectivity index (χ0) is 30.1. The number of nitrogens with zero attached hydrogens (tertiary/aromatic N) is 2. The van der Waals surface area contributed by atoms with E-state index in [1.165, 1.54) is 0 Å². The number of rotatable bonds is 12. The van der Waals surface area contributed by atoms with E-state index in [9.17, 15) is 18.6 Å². The number of hydrogen-bond acceptors (Lipinski definition) is 6. The van der Waals surface area contributed by atoms with E-state index >= 15 is 0 Å². The molecule has 2 saturated heterocycles. The zero-order valence-corrected chi connectivity index (χ0v) is 24.9. The van der Waals surface area contributed by atoms with Crippen LogP contribution in [0.5, 0.6) is 0 Å². The Bertz CT molecular complexity index is 1310. The van der Waals surface area contributed by atoms with Gasteiger partial charge in [-0.15, -0.1) is 0 Å². The minimum Gasteiger partial charge on any atom is -0.384 e. The quantitative estimate of drug-likeness (QED) is 0.184. The van der Waals surface area contributed by atoms with Crippen LogP contribution in [0.2, 0.25) is 0 Å². The van der Waals surface area contributed by atoms with Gasteiger partial charge in [0.2, 0.25) is 17.7 Å². The van der Waals surface area contributed by atoms with Gasteiger partial charge in [0.15, 0.2) is 0 Å². The van der Waals surface area contributed by atoms with Crippen LogP contribution in [0.3, 0.4) is 0 Å². The molecule has 0 spiro atoms. The van der Waals surface area contributed by atoms with Crippen molar-refractivity contribution in [1.29, 1.82) is 5.41 Å². The zero-order valence-electron chi connectivity index (χ0n) is 24.1. The van der Waals surface area contributed by atoms with E-state index in [1.807, 2.05) is 17.0 Å². The van der Waals surface area contributed by atoms with Crippen molar-refractivity contribution < 1.29 is 18.6 Å². The predicted octanol–water partition coefficient (Wildman–Crippen LogP) is 1.29. The van der Waals surface area contributed by atoms with Gasteiger partial charge in [-0.05, 0) is 67.9 Å². The van der Waals surface area contributed by atoms with Crippen molar-refractivity contribution in [2.24, 2.45) is 11.7 Å². The summed E-state index contributed by atoms with van der Waals surface area (Å²) in [7, 11) is -0.0818. The van der Waals surface area contributed by atoms with Gasteiger partial charge in [-0.2, -0.15) is 0 Å². The molecule has 2 aliphatic rings. The van der Waals surface area contributed by atoms with Crippen LogP contribution in [0, 0.1) is 11.3 Å². The summed E-state index contributed by atoms with van der Waals surface area (Å²) in [6.45, 7) is 2.66. The molecule has 11 nitrogen and oxygen atoms in total. The molecule has 2 atom stereocenters. The first kappa shape index (κ1) is 31.3. The van der Waals surface area contributed by atoms with Crippen LogP contribution in [0.4, 0.5) is 5.69 Å². The van der Waals surface area contributed by atoms with Gasteiger partial charge >= 0.3 is 0 Å². The van der Waals surface area contributed by atoms with Gasteiger partial charge in [0.05, 0.1) is 11.4 Å². The maximum absolute atomic E-state index is 13.8. The molecule has 12 heteroatoms. The number of likely N-dealkylation sites (tertiary alicyclic amines) is 1. The molecule has 226 valence electrons. The Morgan fingerprint density at radius 1 is 1.14 bits per heavy atom. The summed E-state index contributed by atoms with van der Waals surface area (Å²) in [6.07, 6.45) is 4.27. The highest BCUT2D eigenvalue weighted by atomic mass is 32.2. The summed E-state index contributed by atoms with van der Waals surface area (Å²) >= 11 is 0. The first-order chi connectivity index (χ1) is 20.2. The van der Waals surface area contributed by atoms with Crippen LogP contribution in [-0.4, -0.2) is 78.5 Å². The van der Waals surface area contributed by atoms with Gasteiger partial charge in [-0.1, -0.05) is 24.3 Å². The number of nitrogens with two attached hydrogens (primary N) is 1. The molecule has 4 rings (SSSR count).